The standard InChI is InChI=1S/C18H18Cl2N6O3S/c1-10-14(24-25-26(10)9-11-2-3-12(19)13(20)6-11)7-16(28)23-18-22-8-15(30-18)17(29)21-4-5-27/h2-3,6,8,27H,4-5,7,9H2,1H3,(H,21,29)(H,22,23,28). The van der Waals surface area contributed by atoms with Gasteiger partial charge in [-0.05, 0) is 24.6 Å². The average Bonchev–Trinajstić information content (AvgIpc) is 3.31. The third-order valence-electron chi connectivity index (χ3n) is 4.10. The van der Waals surface area contributed by atoms with Gasteiger partial charge in [0.1, 0.15) is 4.88 Å². The monoisotopic (exact) mass is 468 g/mol. The highest BCUT2D eigenvalue weighted by Crippen LogP contribution is 2.23. The van der Waals surface area contributed by atoms with Crippen LogP contribution in [-0.4, -0.2) is 50.1 Å². The first-order valence-electron chi connectivity index (χ1n) is 8.85. The molecule has 0 aliphatic heterocycles. The number of anilines is 1. The zero-order valence-corrected chi connectivity index (χ0v) is 18.2. The molecule has 3 rings (SSSR count). The highest BCUT2D eigenvalue weighted by molar-refractivity contribution is 7.17. The molecule has 0 bridgehead atoms. The number of hydrogen-bond donors (Lipinski definition) is 3. The SMILES string of the molecule is Cc1c(CC(=O)Nc2ncc(C(=O)NCCO)s2)nnn1Cc1ccc(Cl)c(Cl)c1. The van der Waals surface area contributed by atoms with Crippen molar-refractivity contribution in [2.45, 2.75) is 19.9 Å². The molecule has 2 aromatic heterocycles. The maximum absolute atomic E-state index is 12.3. The van der Waals surface area contributed by atoms with Gasteiger partial charge in [-0.15, -0.1) is 5.10 Å². The van der Waals surface area contributed by atoms with Crippen molar-refractivity contribution in [3.8, 4) is 0 Å². The number of thiazole rings is 1. The summed E-state index contributed by atoms with van der Waals surface area (Å²) < 4.78 is 1.68. The lowest BCUT2D eigenvalue weighted by Gasteiger charge is -2.06. The number of carbonyl (C=O) groups excluding carboxylic acids is 2. The smallest absolute Gasteiger partial charge is 0.263 e. The van der Waals surface area contributed by atoms with E-state index in [4.69, 9.17) is 28.3 Å². The normalized spacial score (nSPS) is 10.8. The van der Waals surface area contributed by atoms with Gasteiger partial charge in [-0.25, -0.2) is 9.67 Å². The number of nitrogens with one attached hydrogen (secondary N) is 2. The van der Waals surface area contributed by atoms with E-state index in [2.05, 4.69) is 25.9 Å². The molecular formula is C18H18Cl2N6O3S. The molecule has 3 aromatic rings. The van der Waals surface area contributed by atoms with Gasteiger partial charge < -0.3 is 15.7 Å². The minimum Gasteiger partial charge on any atom is -0.395 e. The van der Waals surface area contributed by atoms with Crippen LogP contribution in [0.3, 0.4) is 0 Å². The number of aromatic nitrogens is 4. The molecular weight excluding hydrogens is 451 g/mol. The summed E-state index contributed by atoms with van der Waals surface area (Å²) >= 11 is 13.0. The summed E-state index contributed by atoms with van der Waals surface area (Å²) in [6.07, 6.45) is 1.38. The number of benzene rings is 1. The van der Waals surface area contributed by atoms with Crippen LogP contribution in [0.1, 0.15) is 26.6 Å². The van der Waals surface area contributed by atoms with E-state index in [1.54, 1.807) is 16.8 Å². The van der Waals surface area contributed by atoms with Crippen molar-refractivity contribution in [1.29, 1.82) is 0 Å². The fraction of sp³-hybridized carbons (Fsp3) is 0.278. The summed E-state index contributed by atoms with van der Waals surface area (Å²) in [4.78, 5) is 28.5. The Balaban J connectivity index is 1.60. The molecule has 0 radical (unpaired) electrons. The zero-order chi connectivity index (χ0) is 21.7. The quantitative estimate of drug-likeness (QED) is 0.466. The lowest BCUT2D eigenvalue weighted by Crippen LogP contribution is -2.25. The van der Waals surface area contributed by atoms with Crippen molar-refractivity contribution in [3.63, 3.8) is 0 Å². The average molecular weight is 469 g/mol. The van der Waals surface area contributed by atoms with E-state index in [1.165, 1.54) is 6.20 Å². The second kappa shape index (κ2) is 9.98. The van der Waals surface area contributed by atoms with Crippen LogP contribution in [0, 0.1) is 6.92 Å². The molecule has 0 saturated carbocycles. The predicted octanol–water partition coefficient (Wildman–Crippen LogP) is 2.30. The lowest BCUT2D eigenvalue weighted by atomic mass is 10.2. The van der Waals surface area contributed by atoms with Crippen molar-refractivity contribution in [2.24, 2.45) is 0 Å². The Labute approximate surface area is 186 Å². The molecule has 0 atom stereocenters. The van der Waals surface area contributed by atoms with E-state index in [0.29, 0.717) is 32.3 Å². The van der Waals surface area contributed by atoms with Crippen LogP contribution in [0.15, 0.2) is 24.4 Å². The largest absolute Gasteiger partial charge is 0.395 e. The summed E-state index contributed by atoms with van der Waals surface area (Å²) in [6.45, 7) is 2.26. The second-order valence-corrected chi connectivity index (χ2v) is 8.11. The first-order chi connectivity index (χ1) is 14.4. The highest BCUT2D eigenvalue weighted by atomic mass is 35.5. The number of hydrogen-bond acceptors (Lipinski definition) is 7. The maximum atomic E-state index is 12.3. The molecule has 158 valence electrons. The molecule has 2 heterocycles. The number of aliphatic hydroxyl groups is 1. The van der Waals surface area contributed by atoms with Gasteiger partial charge in [0.05, 0.1) is 47.2 Å². The lowest BCUT2D eigenvalue weighted by molar-refractivity contribution is -0.115. The number of nitrogens with zero attached hydrogens (tertiary/aromatic N) is 4. The minimum atomic E-state index is -0.358. The van der Waals surface area contributed by atoms with Gasteiger partial charge in [-0.1, -0.05) is 45.8 Å². The van der Waals surface area contributed by atoms with Gasteiger partial charge >= 0.3 is 0 Å². The molecule has 3 N–H and O–H groups in total. The minimum absolute atomic E-state index is 0.0127. The van der Waals surface area contributed by atoms with Crippen molar-refractivity contribution >= 4 is 51.5 Å². The van der Waals surface area contributed by atoms with Gasteiger partial charge in [0, 0.05) is 6.54 Å². The van der Waals surface area contributed by atoms with E-state index in [-0.39, 0.29) is 31.4 Å². The maximum Gasteiger partial charge on any atom is 0.263 e. The van der Waals surface area contributed by atoms with Gasteiger partial charge in [-0.2, -0.15) is 0 Å². The number of aliphatic hydroxyl groups excluding tert-OH is 1. The summed E-state index contributed by atoms with van der Waals surface area (Å²) in [5.74, 6) is -0.681. The van der Waals surface area contributed by atoms with Crippen molar-refractivity contribution in [3.05, 3.63) is 56.3 Å². The van der Waals surface area contributed by atoms with Crippen LogP contribution in [-0.2, 0) is 17.8 Å². The molecule has 30 heavy (non-hydrogen) atoms. The van der Waals surface area contributed by atoms with E-state index in [9.17, 15) is 9.59 Å². The van der Waals surface area contributed by atoms with Crippen molar-refractivity contribution in [2.75, 3.05) is 18.5 Å². The van der Waals surface area contributed by atoms with E-state index < -0.39 is 0 Å². The van der Waals surface area contributed by atoms with Crippen LogP contribution in [0.25, 0.3) is 0 Å². The van der Waals surface area contributed by atoms with E-state index in [0.717, 1.165) is 22.6 Å². The summed E-state index contributed by atoms with van der Waals surface area (Å²) in [5, 5.41) is 23.4. The topological polar surface area (TPSA) is 122 Å². The predicted molar refractivity (Wildman–Crippen MR) is 114 cm³/mol. The van der Waals surface area contributed by atoms with Gasteiger partial charge in [0.25, 0.3) is 5.91 Å². The number of amides is 2. The van der Waals surface area contributed by atoms with Gasteiger partial charge in [0.15, 0.2) is 5.13 Å². The molecule has 1 aromatic carbocycles. The van der Waals surface area contributed by atoms with Crippen LogP contribution >= 0.6 is 34.5 Å². The molecule has 0 aliphatic rings. The molecule has 0 unspecified atom stereocenters. The Hall–Kier alpha value is -2.53. The Kier molecular flexibility index (Phi) is 7.38. The Morgan fingerprint density at radius 3 is 2.80 bits per heavy atom. The third kappa shape index (κ3) is 5.54. The Morgan fingerprint density at radius 1 is 1.27 bits per heavy atom. The van der Waals surface area contributed by atoms with Crippen LogP contribution in [0.5, 0.6) is 0 Å². The Morgan fingerprint density at radius 2 is 2.07 bits per heavy atom. The third-order valence-corrected chi connectivity index (χ3v) is 5.75. The first-order valence-corrected chi connectivity index (χ1v) is 10.4. The van der Waals surface area contributed by atoms with Gasteiger partial charge in [-0.3, -0.25) is 9.59 Å². The fourth-order valence-corrected chi connectivity index (χ4v) is 3.60. The van der Waals surface area contributed by atoms with Crippen LogP contribution in [0.4, 0.5) is 5.13 Å². The fourth-order valence-electron chi connectivity index (χ4n) is 2.53. The van der Waals surface area contributed by atoms with Crippen molar-refractivity contribution < 1.29 is 14.7 Å². The van der Waals surface area contributed by atoms with E-state index in [1.807, 2.05) is 13.0 Å². The second-order valence-electron chi connectivity index (χ2n) is 6.26. The summed E-state index contributed by atoms with van der Waals surface area (Å²) in [7, 11) is 0. The molecule has 0 saturated heterocycles. The molecule has 0 spiro atoms. The highest BCUT2D eigenvalue weighted by Gasteiger charge is 2.16. The molecule has 0 fully saturated rings. The molecule has 0 aliphatic carbocycles. The van der Waals surface area contributed by atoms with Crippen LogP contribution in [0.2, 0.25) is 10.0 Å². The van der Waals surface area contributed by atoms with Crippen molar-refractivity contribution in [1.82, 2.24) is 25.3 Å². The molecule has 9 nitrogen and oxygen atoms in total. The van der Waals surface area contributed by atoms with Crippen LogP contribution < -0.4 is 10.6 Å². The van der Waals surface area contributed by atoms with Gasteiger partial charge in [0.2, 0.25) is 5.91 Å². The number of carbonyl (C=O) groups is 2. The zero-order valence-electron chi connectivity index (χ0n) is 15.9. The molecule has 2 amide bonds. The first kappa shape index (κ1) is 22.2. The number of halogens is 2. The summed E-state index contributed by atoms with van der Waals surface area (Å²) in [6, 6.07) is 5.32. The Bertz CT molecular complexity index is 1070. The summed E-state index contributed by atoms with van der Waals surface area (Å²) in [5.41, 5.74) is 2.19. The number of rotatable bonds is 8. The molecule has 12 heteroatoms. The van der Waals surface area contributed by atoms with E-state index >= 15 is 0 Å².